The summed E-state index contributed by atoms with van der Waals surface area (Å²) < 4.78 is 5.51. The normalized spacial score (nSPS) is 16.5. The molecule has 34 heavy (non-hydrogen) atoms. The number of fused-ring (bicyclic) bond motifs is 1. The molecule has 166 valence electrons. The van der Waals surface area contributed by atoms with Crippen molar-refractivity contribution in [2.45, 2.75) is 12.8 Å². The number of furan rings is 1. The van der Waals surface area contributed by atoms with E-state index in [4.69, 9.17) is 4.42 Å². The van der Waals surface area contributed by atoms with E-state index in [2.05, 4.69) is 10.2 Å². The first-order valence-corrected chi connectivity index (χ1v) is 11.1. The van der Waals surface area contributed by atoms with Crippen LogP contribution >= 0.6 is 0 Å². The smallest absolute Gasteiger partial charge is 0.180 e. The van der Waals surface area contributed by atoms with Gasteiger partial charge < -0.3 is 4.42 Å². The highest BCUT2D eigenvalue weighted by atomic mass is 16.3. The third-order valence-electron chi connectivity index (χ3n) is 5.95. The van der Waals surface area contributed by atoms with Crippen LogP contribution in [0.15, 0.2) is 112 Å². The molecule has 1 heterocycles. The Morgan fingerprint density at radius 2 is 1.41 bits per heavy atom. The Kier molecular flexibility index (Phi) is 5.83. The van der Waals surface area contributed by atoms with E-state index in [0.717, 1.165) is 16.9 Å². The lowest BCUT2D eigenvalue weighted by molar-refractivity contribution is -0.120. The Bertz CT molecular complexity index is 1360. The van der Waals surface area contributed by atoms with Gasteiger partial charge in [-0.05, 0) is 30.2 Å². The van der Waals surface area contributed by atoms with Gasteiger partial charge in [-0.2, -0.15) is 10.2 Å². The predicted molar refractivity (Wildman–Crippen MR) is 132 cm³/mol. The van der Waals surface area contributed by atoms with E-state index < -0.39 is 11.8 Å². The Hall–Kier alpha value is -4.38. The first-order chi connectivity index (χ1) is 16.6. The highest BCUT2D eigenvalue weighted by Crippen LogP contribution is 2.35. The zero-order valence-electron chi connectivity index (χ0n) is 18.6. The van der Waals surface area contributed by atoms with Crippen molar-refractivity contribution < 1.29 is 14.0 Å². The zero-order valence-corrected chi connectivity index (χ0v) is 18.6. The van der Waals surface area contributed by atoms with Crippen LogP contribution in [0.25, 0.3) is 0 Å². The molecular weight excluding hydrogens is 424 g/mol. The second kappa shape index (κ2) is 9.24. The van der Waals surface area contributed by atoms with Gasteiger partial charge in [-0.1, -0.05) is 84.9 Å². The Morgan fingerprint density at radius 1 is 0.824 bits per heavy atom. The molecule has 0 amide bonds. The van der Waals surface area contributed by atoms with Crippen LogP contribution in [0.3, 0.4) is 0 Å². The number of carbonyl (C=O) groups excluding carboxylic acids is 2. The standard InChI is InChI=1S/C29H22N2O3/c1-19-16-17-22(34-19)18-30-31-27-23-14-8-9-15-24(23)28(32)26(27)29(33)25(20-10-4-2-5-11-20)21-12-6-3-7-13-21/h2-18,25-26H,1H3/b30-18+,31-27-. The number of nitrogens with zero attached hydrogens (tertiary/aromatic N) is 2. The minimum atomic E-state index is -1.04. The van der Waals surface area contributed by atoms with Crippen LogP contribution < -0.4 is 0 Å². The molecule has 1 unspecified atom stereocenters. The zero-order chi connectivity index (χ0) is 23.5. The van der Waals surface area contributed by atoms with Crippen molar-refractivity contribution in [3.8, 4) is 0 Å². The molecular formula is C29H22N2O3. The maximum absolute atomic E-state index is 14.1. The highest BCUT2D eigenvalue weighted by Gasteiger charge is 2.44. The highest BCUT2D eigenvalue weighted by molar-refractivity contribution is 6.38. The molecule has 1 aromatic heterocycles. The maximum atomic E-state index is 14.1. The van der Waals surface area contributed by atoms with Gasteiger partial charge in [0.15, 0.2) is 11.6 Å². The monoisotopic (exact) mass is 446 g/mol. The van der Waals surface area contributed by atoms with Crippen molar-refractivity contribution in [3.63, 3.8) is 0 Å². The number of aryl methyl sites for hydroxylation is 1. The second-order valence-electron chi connectivity index (χ2n) is 8.18. The van der Waals surface area contributed by atoms with Gasteiger partial charge in [0.25, 0.3) is 0 Å². The summed E-state index contributed by atoms with van der Waals surface area (Å²) >= 11 is 0. The molecule has 5 rings (SSSR count). The molecule has 5 heteroatoms. The first kappa shape index (κ1) is 21.5. The van der Waals surface area contributed by atoms with Gasteiger partial charge in [-0.3, -0.25) is 9.59 Å². The Balaban J connectivity index is 1.59. The lowest BCUT2D eigenvalue weighted by Crippen LogP contribution is -2.31. The number of hydrogen-bond donors (Lipinski definition) is 0. The topological polar surface area (TPSA) is 72.0 Å². The summed E-state index contributed by atoms with van der Waals surface area (Å²) in [6, 6.07) is 29.9. The molecule has 5 nitrogen and oxygen atoms in total. The molecule has 3 aromatic carbocycles. The molecule has 1 aliphatic carbocycles. The number of rotatable bonds is 6. The molecule has 0 N–H and O–H groups in total. The summed E-state index contributed by atoms with van der Waals surface area (Å²) in [4.78, 5) is 27.6. The van der Waals surface area contributed by atoms with Crippen molar-refractivity contribution in [2.75, 3.05) is 0 Å². The van der Waals surface area contributed by atoms with Crippen LogP contribution in [0.4, 0.5) is 0 Å². The molecule has 0 radical (unpaired) electrons. The third-order valence-corrected chi connectivity index (χ3v) is 5.95. The quantitative estimate of drug-likeness (QED) is 0.219. The van der Waals surface area contributed by atoms with Crippen LogP contribution in [0.2, 0.25) is 0 Å². The van der Waals surface area contributed by atoms with Gasteiger partial charge in [0.2, 0.25) is 0 Å². The molecule has 0 bridgehead atoms. The van der Waals surface area contributed by atoms with Crippen LogP contribution in [0, 0.1) is 12.8 Å². The van der Waals surface area contributed by atoms with Crippen LogP contribution in [0.5, 0.6) is 0 Å². The van der Waals surface area contributed by atoms with Gasteiger partial charge in [-0.15, -0.1) is 0 Å². The fourth-order valence-corrected chi connectivity index (χ4v) is 4.38. The second-order valence-corrected chi connectivity index (χ2v) is 8.18. The summed E-state index contributed by atoms with van der Waals surface area (Å²) in [5.41, 5.74) is 3.15. The average molecular weight is 447 g/mol. The SMILES string of the molecule is Cc1ccc(/C=N/N=C2/c3ccccc3C(=O)C2C(=O)C(c2ccccc2)c2ccccc2)o1. The van der Waals surface area contributed by atoms with Crippen molar-refractivity contribution in [1.29, 1.82) is 0 Å². The first-order valence-electron chi connectivity index (χ1n) is 11.1. The number of Topliss-reactive ketones (excluding diaryl/α,β-unsaturated/α-hetero) is 2. The molecule has 0 fully saturated rings. The molecule has 0 spiro atoms. The summed E-state index contributed by atoms with van der Waals surface area (Å²) in [5, 5.41) is 8.55. The van der Waals surface area contributed by atoms with Gasteiger partial charge in [-0.25, -0.2) is 0 Å². The van der Waals surface area contributed by atoms with E-state index in [1.807, 2.05) is 85.8 Å². The summed E-state index contributed by atoms with van der Waals surface area (Å²) in [5.74, 6) is -0.807. The lowest BCUT2D eigenvalue weighted by Gasteiger charge is -2.20. The van der Waals surface area contributed by atoms with Crippen molar-refractivity contribution in [1.82, 2.24) is 0 Å². The van der Waals surface area contributed by atoms with E-state index in [9.17, 15) is 9.59 Å². The van der Waals surface area contributed by atoms with Gasteiger partial charge in [0, 0.05) is 11.1 Å². The van der Waals surface area contributed by atoms with E-state index in [-0.39, 0.29) is 11.6 Å². The van der Waals surface area contributed by atoms with Crippen molar-refractivity contribution in [2.24, 2.45) is 16.1 Å². The molecule has 4 aromatic rings. The van der Waals surface area contributed by atoms with Crippen molar-refractivity contribution >= 4 is 23.5 Å². The summed E-state index contributed by atoms with van der Waals surface area (Å²) in [6.07, 6.45) is 1.48. The number of hydrogen-bond acceptors (Lipinski definition) is 5. The fraction of sp³-hybridized carbons (Fsp3) is 0.103. The van der Waals surface area contributed by atoms with E-state index in [1.54, 1.807) is 18.2 Å². The number of ketones is 2. The third kappa shape index (κ3) is 4.04. The Labute approximate surface area is 197 Å². The maximum Gasteiger partial charge on any atom is 0.180 e. The number of benzene rings is 3. The molecule has 1 atom stereocenters. The largest absolute Gasteiger partial charge is 0.460 e. The van der Waals surface area contributed by atoms with Gasteiger partial charge in [0.05, 0.1) is 17.8 Å². The lowest BCUT2D eigenvalue weighted by atomic mass is 9.80. The molecule has 0 saturated carbocycles. The minimum absolute atomic E-state index is 0.221. The average Bonchev–Trinajstić information content (AvgIpc) is 3.41. The van der Waals surface area contributed by atoms with Crippen LogP contribution in [-0.4, -0.2) is 23.5 Å². The summed E-state index contributed by atoms with van der Waals surface area (Å²) in [6.45, 7) is 1.84. The van der Waals surface area contributed by atoms with Gasteiger partial charge in [0.1, 0.15) is 17.4 Å². The van der Waals surface area contributed by atoms with Crippen LogP contribution in [-0.2, 0) is 4.79 Å². The minimum Gasteiger partial charge on any atom is -0.460 e. The number of carbonyl (C=O) groups is 2. The van der Waals surface area contributed by atoms with E-state index in [1.165, 1.54) is 6.21 Å². The fourth-order valence-electron chi connectivity index (χ4n) is 4.38. The molecule has 0 aliphatic heterocycles. The molecule has 0 saturated heterocycles. The Morgan fingerprint density at radius 3 is 2.00 bits per heavy atom. The predicted octanol–water partition coefficient (Wildman–Crippen LogP) is 5.62. The van der Waals surface area contributed by atoms with E-state index >= 15 is 0 Å². The van der Waals surface area contributed by atoms with Gasteiger partial charge >= 0.3 is 0 Å². The molecule has 1 aliphatic rings. The van der Waals surface area contributed by atoms with Crippen molar-refractivity contribution in [3.05, 3.63) is 131 Å². The summed E-state index contributed by atoms with van der Waals surface area (Å²) in [7, 11) is 0. The van der Waals surface area contributed by atoms with E-state index in [0.29, 0.717) is 22.6 Å². The van der Waals surface area contributed by atoms with Crippen LogP contribution in [0.1, 0.15) is 44.5 Å².